The first-order valence-corrected chi connectivity index (χ1v) is 8.45. The van der Waals surface area contributed by atoms with Gasteiger partial charge in [0.1, 0.15) is 5.75 Å². The summed E-state index contributed by atoms with van der Waals surface area (Å²) in [6.07, 6.45) is 2.22. The van der Waals surface area contributed by atoms with Crippen molar-refractivity contribution >= 4 is 5.91 Å². The Hall–Kier alpha value is -2.33. The number of nitrogens with one attached hydrogen (secondary N) is 1. The Kier molecular flexibility index (Phi) is 5.49. The van der Waals surface area contributed by atoms with E-state index in [1.165, 1.54) is 5.56 Å². The fraction of sp³-hybridized carbons (Fsp3) is 0.350. The minimum Gasteiger partial charge on any atom is -0.497 e. The fourth-order valence-electron chi connectivity index (χ4n) is 3.26. The summed E-state index contributed by atoms with van der Waals surface area (Å²) >= 11 is 0. The molecule has 0 aromatic heterocycles. The van der Waals surface area contributed by atoms with E-state index in [1.54, 1.807) is 7.11 Å². The quantitative estimate of drug-likeness (QED) is 0.887. The third kappa shape index (κ3) is 4.15. The predicted molar refractivity (Wildman–Crippen MR) is 94.8 cm³/mol. The lowest BCUT2D eigenvalue weighted by molar-refractivity contribution is -0.122. The predicted octanol–water partition coefficient (Wildman–Crippen LogP) is 3.15. The van der Waals surface area contributed by atoms with E-state index < -0.39 is 0 Å². The molecule has 0 saturated carbocycles. The van der Waals surface area contributed by atoms with Crippen molar-refractivity contribution in [1.29, 1.82) is 0 Å². The van der Waals surface area contributed by atoms with E-state index in [0.717, 1.165) is 30.7 Å². The highest BCUT2D eigenvalue weighted by atomic mass is 16.5. The zero-order valence-corrected chi connectivity index (χ0v) is 14.1. The summed E-state index contributed by atoms with van der Waals surface area (Å²) in [5, 5.41) is 3.02. The Labute approximate surface area is 143 Å². The molecule has 1 N–H and O–H groups in total. The van der Waals surface area contributed by atoms with Crippen molar-refractivity contribution in [3.05, 3.63) is 65.7 Å². The minimum atomic E-state index is 0.0827. The average Bonchev–Trinajstić information content (AvgIpc) is 3.09. The maximum Gasteiger partial charge on any atom is 0.234 e. The van der Waals surface area contributed by atoms with Gasteiger partial charge in [-0.15, -0.1) is 0 Å². The van der Waals surface area contributed by atoms with Crippen molar-refractivity contribution in [2.45, 2.75) is 25.4 Å². The molecular formula is C20H24N2O2. The average molecular weight is 324 g/mol. The van der Waals surface area contributed by atoms with Crippen LogP contribution in [0.1, 0.15) is 30.0 Å². The molecule has 0 aliphatic carbocycles. The molecule has 0 radical (unpaired) electrons. The van der Waals surface area contributed by atoms with Gasteiger partial charge in [0.15, 0.2) is 0 Å². The van der Waals surface area contributed by atoms with Gasteiger partial charge in [0, 0.05) is 12.6 Å². The zero-order chi connectivity index (χ0) is 16.8. The Morgan fingerprint density at radius 2 is 1.92 bits per heavy atom. The van der Waals surface area contributed by atoms with Crippen molar-refractivity contribution in [3.63, 3.8) is 0 Å². The van der Waals surface area contributed by atoms with Crippen LogP contribution >= 0.6 is 0 Å². The highest BCUT2D eigenvalue weighted by Gasteiger charge is 2.27. The lowest BCUT2D eigenvalue weighted by atomic mass is 10.0. The Morgan fingerprint density at radius 3 is 2.62 bits per heavy atom. The molecule has 1 saturated heterocycles. The van der Waals surface area contributed by atoms with Crippen LogP contribution in [0.4, 0.5) is 0 Å². The number of carbonyl (C=O) groups is 1. The van der Waals surface area contributed by atoms with E-state index >= 15 is 0 Å². The van der Waals surface area contributed by atoms with Crippen molar-refractivity contribution in [2.24, 2.45) is 0 Å². The summed E-state index contributed by atoms with van der Waals surface area (Å²) in [5.74, 6) is 0.947. The summed E-state index contributed by atoms with van der Waals surface area (Å²) in [6.45, 7) is 2.00. The molecule has 4 heteroatoms. The van der Waals surface area contributed by atoms with Crippen LogP contribution in [0.3, 0.4) is 0 Å². The number of benzene rings is 2. The van der Waals surface area contributed by atoms with Gasteiger partial charge in [0.2, 0.25) is 5.91 Å². The molecule has 4 nitrogen and oxygen atoms in total. The maximum atomic E-state index is 12.3. The lowest BCUT2D eigenvalue weighted by Crippen LogP contribution is -2.36. The SMILES string of the molecule is COc1ccc([C@@H]2CCCN2CC(=O)NCc2ccccc2)cc1. The summed E-state index contributed by atoms with van der Waals surface area (Å²) in [4.78, 5) is 14.5. The molecule has 1 aliphatic heterocycles. The first-order chi connectivity index (χ1) is 11.8. The summed E-state index contributed by atoms with van der Waals surface area (Å²) < 4.78 is 5.22. The van der Waals surface area contributed by atoms with Crippen LogP contribution in [0.25, 0.3) is 0 Å². The van der Waals surface area contributed by atoms with E-state index in [1.807, 2.05) is 42.5 Å². The van der Waals surface area contributed by atoms with Gasteiger partial charge in [-0.05, 0) is 42.6 Å². The van der Waals surface area contributed by atoms with Gasteiger partial charge < -0.3 is 10.1 Å². The summed E-state index contributed by atoms with van der Waals surface area (Å²) in [7, 11) is 1.67. The van der Waals surface area contributed by atoms with Gasteiger partial charge in [0.25, 0.3) is 0 Å². The first kappa shape index (κ1) is 16.5. The van der Waals surface area contributed by atoms with E-state index in [4.69, 9.17) is 4.74 Å². The molecule has 2 aromatic carbocycles. The number of ether oxygens (including phenoxy) is 1. The standard InChI is InChI=1S/C20H24N2O2/c1-24-18-11-9-17(10-12-18)19-8-5-13-22(19)15-20(23)21-14-16-6-3-2-4-7-16/h2-4,6-7,9-12,19H,5,8,13-15H2,1H3,(H,21,23)/t19-/m0/s1. The van der Waals surface area contributed by atoms with E-state index in [0.29, 0.717) is 19.1 Å². The normalized spacial score (nSPS) is 17.6. The topological polar surface area (TPSA) is 41.6 Å². The number of hydrogen-bond donors (Lipinski definition) is 1. The van der Waals surface area contributed by atoms with Crippen LogP contribution in [0, 0.1) is 0 Å². The second kappa shape index (κ2) is 7.97. The molecule has 0 spiro atoms. The largest absolute Gasteiger partial charge is 0.497 e. The van der Waals surface area contributed by atoms with Gasteiger partial charge in [-0.2, -0.15) is 0 Å². The second-order valence-electron chi connectivity index (χ2n) is 6.16. The van der Waals surface area contributed by atoms with Gasteiger partial charge in [-0.3, -0.25) is 9.69 Å². The molecular weight excluding hydrogens is 300 g/mol. The van der Waals surface area contributed by atoms with Crippen LogP contribution in [0.15, 0.2) is 54.6 Å². The molecule has 3 rings (SSSR count). The third-order valence-corrected chi connectivity index (χ3v) is 4.54. The van der Waals surface area contributed by atoms with Crippen molar-refractivity contribution in [1.82, 2.24) is 10.2 Å². The molecule has 24 heavy (non-hydrogen) atoms. The smallest absolute Gasteiger partial charge is 0.234 e. The van der Waals surface area contributed by atoms with Gasteiger partial charge in [0.05, 0.1) is 13.7 Å². The molecule has 2 aromatic rings. The monoisotopic (exact) mass is 324 g/mol. The number of likely N-dealkylation sites (tertiary alicyclic amines) is 1. The van der Waals surface area contributed by atoms with E-state index in [2.05, 4.69) is 22.3 Å². The van der Waals surface area contributed by atoms with Crippen molar-refractivity contribution in [2.75, 3.05) is 20.2 Å². The Balaban J connectivity index is 1.56. The third-order valence-electron chi connectivity index (χ3n) is 4.54. The molecule has 1 atom stereocenters. The molecule has 1 heterocycles. The number of amides is 1. The number of rotatable bonds is 6. The molecule has 0 bridgehead atoms. The minimum absolute atomic E-state index is 0.0827. The van der Waals surface area contributed by atoms with Crippen LogP contribution in [-0.4, -0.2) is 31.0 Å². The molecule has 1 fully saturated rings. The van der Waals surface area contributed by atoms with Crippen LogP contribution in [0.2, 0.25) is 0 Å². The number of carbonyl (C=O) groups excluding carboxylic acids is 1. The fourth-order valence-corrected chi connectivity index (χ4v) is 3.26. The Morgan fingerprint density at radius 1 is 1.17 bits per heavy atom. The second-order valence-corrected chi connectivity index (χ2v) is 6.16. The molecule has 1 aliphatic rings. The van der Waals surface area contributed by atoms with Gasteiger partial charge in [-0.25, -0.2) is 0 Å². The lowest BCUT2D eigenvalue weighted by Gasteiger charge is -2.24. The van der Waals surface area contributed by atoms with Crippen LogP contribution < -0.4 is 10.1 Å². The van der Waals surface area contributed by atoms with Crippen LogP contribution in [-0.2, 0) is 11.3 Å². The number of nitrogens with zero attached hydrogens (tertiary/aromatic N) is 1. The van der Waals surface area contributed by atoms with Crippen molar-refractivity contribution in [3.8, 4) is 5.75 Å². The molecule has 1 amide bonds. The number of hydrogen-bond acceptors (Lipinski definition) is 3. The van der Waals surface area contributed by atoms with Gasteiger partial charge in [-0.1, -0.05) is 42.5 Å². The van der Waals surface area contributed by atoms with E-state index in [-0.39, 0.29) is 5.91 Å². The maximum absolute atomic E-state index is 12.3. The summed E-state index contributed by atoms with van der Waals surface area (Å²) in [6, 6.07) is 18.5. The Bertz CT molecular complexity index is 655. The van der Waals surface area contributed by atoms with E-state index in [9.17, 15) is 4.79 Å². The summed E-state index contributed by atoms with van der Waals surface area (Å²) in [5.41, 5.74) is 2.38. The molecule has 126 valence electrons. The highest BCUT2D eigenvalue weighted by Crippen LogP contribution is 2.32. The highest BCUT2D eigenvalue weighted by molar-refractivity contribution is 5.78. The zero-order valence-electron chi connectivity index (χ0n) is 14.1. The first-order valence-electron chi connectivity index (χ1n) is 8.45. The molecule has 0 unspecified atom stereocenters. The number of methoxy groups -OCH3 is 1. The van der Waals surface area contributed by atoms with Crippen LogP contribution in [0.5, 0.6) is 5.75 Å². The van der Waals surface area contributed by atoms with Gasteiger partial charge >= 0.3 is 0 Å². The van der Waals surface area contributed by atoms with Crippen molar-refractivity contribution < 1.29 is 9.53 Å².